The summed E-state index contributed by atoms with van der Waals surface area (Å²) in [4.78, 5) is 31.7. The summed E-state index contributed by atoms with van der Waals surface area (Å²) in [6.07, 6.45) is 4.35. The summed E-state index contributed by atoms with van der Waals surface area (Å²) in [6, 6.07) is 1.59. The van der Waals surface area contributed by atoms with E-state index in [1.54, 1.807) is 0 Å². The average Bonchev–Trinajstić information content (AvgIpc) is 2.62. The largest absolute Gasteiger partial charge is 0.478 e. The highest BCUT2D eigenvalue weighted by atomic mass is 16.6. The van der Waals surface area contributed by atoms with E-state index in [0.29, 0.717) is 13.2 Å². The number of benzene rings is 1. The minimum atomic E-state index is -1.47. The number of ether oxygens (including phenoxy) is 2. The van der Waals surface area contributed by atoms with Crippen LogP contribution in [0.5, 0.6) is 0 Å². The quantitative estimate of drug-likeness (QED) is 0.292. The van der Waals surface area contributed by atoms with Gasteiger partial charge in [-0.2, -0.15) is 0 Å². The van der Waals surface area contributed by atoms with Crippen molar-refractivity contribution in [3.63, 3.8) is 0 Å². The van der Waals surface area contributed by atoms with Gasteiger partial charge in [0.2, 0.25) is 0 Å². The van der Waals surface area contributed by atoms with Gasteiger partial charge in [-0.05, 0) is 6.42 Å². The van der Waals surface area contributed by atoms with Gasteiger partial charge in [0.25, 0.3) is 11.4 Å². The molecule has 10 nitrogen and oxygen atoms in total. The van der Waals surface area contributed by atoms with Crippen molar-refractivity contribution < 1.29 is 29.2 Å². The first-order valence-electron chi connectivity index (χ1n) is 8.73. The van der Waals surface area contributed by atoms with Gasteiger partial charge < -0.3 is 14.6 Å². The van der Waals surface area contributed by atoms with Gasteiger partial charge in [-0.3, -0.25) is 20.2 Å². The number of unbranched alkanes of at least 4 members (excludes halogenated alkanes) is 3. The first-order valence-corrected chi connectivity index (χ1v) is 8.73. The highest BCUT2D eigenvalue weighted by Gasteiger charge is 2.26. The maximum atomic E-state index is 11.3. The molecule has 0 aliphatic heterocycles. The van der Waals surface area contributed by atoms with Crippen LogP contribution in [0.2, 0.25) is 0 Å². The zero-order valence-corrected chi connectivity index (χ0v) is 15.2. The molecule has 0 aliphatic carbocycles. The van der Waals surface area contributed by atoms with Crippen LogP contribution in [0.4, 0.5) is 11.4 Å². The molecule has 0 spiro atoms. The van der Waals surface area contributed by atoms with E-state index in [9.17, 15) is 30.1 Å². The normalized spacial score (nSPS) is 10.7. The third kappa shape index (κ3) is 7.67. The van der Waals surface area contributed by atoms with Crippen molar-refractivity contribution in [2.45, 2.75) is 39.0 Å². The average molecular weight is 384 g/mol. The molecule has 0 saturated carbocycles. The summed E-state index contributed by atoms with van der Waals surface area (Å²) in [5.41, 5.74) is -1.80. The maximum absolute atomic E-state index is 11.3. The second-order valence-corrected chi connectivity index (χ2v) is 5.85. The number of rotatable bonds is 14. The fraction of sp³-hybridized carbons (Fsp3) is 0.588. The minimum absolute atomic E-state index is 0.0398. The van der Waals surface area contributed by atoms with Gasteiger partial charge in [0.05, 0.1) is 41.3 Å². The number of carboxylic acid groups (broad SMARTS) is 1. The van der Waals surface area contributed by atoms with Crippen molar-refractivity contribution in [2.75, 3.05) is 26.4 Å². The van der Waals surface area contributed by atoms with E-state index >= 15 is 0 Å². The molecule has 1 rings (SSSR count). The Bertz CT molecular complexity index is 627. The van der Waals surface area contributed by atoms with E-state index in [0.717, 1.165) is 31.4 Å². The predicted octanol–water partition coefficient (Wildman–Crippen LogP) is 3.36. The van der Waals surface area contributed by atoms with Crippen molar-refractivity contribution in [1.29, 1.82) is 0 Å². The Hall–Kier alpha value is -2.59. The molecule has 0 aromatic heterocycles. The van der Waals surface area contributed by atoms with Crippen molar-refractivity contribution in [2.24, 2.45) is 0 Å². The summed E-state index contributed by atoms with van der Waals surface area (Å²) in [7, 11) is 0. The van der Waals surface area contributed by atoms with Gasteiger partial charge in [-0.1, -0.05) is 26.2 Å². The van der Waals surface area contributed by atoms with Gasteiger partial charge in [-0.15, -0.1) is 0 Å². The summed E-state index contributed by atoms with van der Waals surface area (Å²) in [5.74, 6) is -1.47. The summed E-state index contributed by atoms with van der Waals surface area (Å²) < 4.78 is 10.7. The van der Waals surface area contributed by atoms with Crippen LogP contribution >= 0.6 is 0 Å². The van der Waals surface area contributed by atoms with Crippen LogP contribution in [-0.2, 0) is 15.9 Å². The number of nitro groups is 2. The standard InChI is InChI=1S/C17H24N2O8/c1-2-3-4-5-7-26-9-10-27-8-6-14-15(17(20)21)11-13(18(22)23)12-16(14)19(24)25/h11-12H,2-10H2,1H3,(H,20,21). The maximum Gasteiger partial charge on any atom is 0.336 e. The van der Waals surface area contributed by atoms with Crippen LogP contribution < -0.4 is 0 Å². The van der Waals surface area contributed by atoms with E-state index in [2.05, 4.69) is 6.92 Å². The molecule has 1 aromatic carbocycles. The smallest absolute Gasteiger partial charge is 0.336 e. The first-order chi connectivity index (χ1) is 12.9. The minimum Gasteiger partial charge on any atom is -0.478 e. The zero-order valence-electron chi connectivity index (χ0n) is 15.2. The van der Waals surface area contributed by atoms with Crippen LogP contribution in [0.1, 0.15) is 48.5 Å². The number of carboxylic acids is 1. The Morgan fingerprint density at radius 1 is 1.00 bits per heavy atom. The molecule has 0 atom stereocenters. The summed E-state index contributed by atoms with van der Waals surface area (Å²) in [5, 5.41) is 31.3. The van der Waals surface area contributed by atoms with Crippen molar-refractivity contribution in [1.82, 2.24) is 0 Å². The zero-order chi connectivity index (χ0) is 20.2. The number of hydrogen-bond donors (Lipinski definition) is 1. The molecule has 0 bridgehead atoms. The molecule has 0 amide bonds. The van der Waals surface area contributed by atoms with E-state index in [1.165, 1.54) is 6.42 Å². The first kappa shape index (κ1) is 22.5. The van der Waals surface area contributed by atoms with Gasteiger partial charge in [0.1, 0.15) is 0 Å². The Kier molecular flexibility index (Phi) is 9.91. The number of nitro benzene ring substituents is 2. The van der Waals surface area contributed by atoms with Gasteiger partial charge in [0.15, 0.2) is 0 Å². The Morgan fingerprint density at radius 3 is 2.22 bits per heavy atom. The highest BCUT2D eigenvalue weighted by Crippen LogP contribution is 2.29. The molecule has 1 aromatic rings. The molecule has 10 heteroatoms. The Morgan fingerprint density at radius 2 is 1.67 bits per heavy atom. The second kappa shape index (κ2) is 11.9. The molecule has 0 aliphatic rings. The number of aromatic carboxylic acids is 1. The number of carbonyl (C=O) groups is 1. The fourth-order valence-electron chi connectivity index (χ4n) is 2.49. The Labute approximate surface area is 156 Å². The van der Waals surface area contributed by atoms with Crippen LogP contribution in [0.3, 0.4) is 0 Å². The molecule has 27 heavy (non-hydrogen) atoms. The molecule has 1 N–H and O–H groups in total. The molecule has 0 fully saturated rings. The van der Waals surface area contributed by atoms with Crippen LogP contribution in [0, 0.1) is 20.2 Å². The van der Waals surface area contributed by atoms with E-state index < -0.39 is 32.8 Å². The molecule has 150 valence electrons. The van der Waals surface area contributed by atoms with Crippen LogP contribution in [0.15, 0.2) is 12.1 Å². The third-order valence-electron chi connectivity index (χ3n) is 3.86. The number of nitrogens with zero attached hydrogens (tertiary/aromatic N) is 2. The SMILES string of the molecule is CCCCCCOCCOCCc1c(C(=O)O)cc([N+](=O)[O-])cc1[N+](=O)[O-]. The number of non-ortho nitro benzene ring substituents is 1. The van der Waals surface area contributed by atoms with Gasteiger partial charge >= 0.3 is 5.97 Å². The molecular formula is C17H24N2O8. The van der Waals surface area contributed by atoms with Crippen LogP contribution in [0.25, 0.3) is 0 Å². The van der Waals surface area contributed by atoms with Crippen molar-refractivity contribution in [3.8, 4) is 0 Å². The van der Waals surface area contributed by atoms with Gasteiger partial charge in [-0.25, -0.2) is 4.79 Å². The third-order valence-corrected chi connectivity index (χ3v) is 3.86. The lowest BCUT2D eigenvalue weighted by Gasteiger charge is -2.09. The second-order valence-electron chi connectivity index (χ2n) is 5.85. The summed E-state index contributed by atoms with van der Waals surface area (Å²) >= 11 is 0. The molecule has 0 heterocycles. The lowest BCUT2D eigenvalue weighted by atomic mass is 10.0. The molecular weight excluding hydrogens is 360 g/mol. The van der Waals surface area contributed by atoms with Crippen molar-refractivity contribution in [3.05, 3.63) is 43.5 Å². The highest BCUT2D eigenvalue weighted by molar-refractivity contribution is 5.91. The summed E-state index contributed by atoms with van der Waals surface area (Å²) in [6.45, 7) is 3.45. The van der Waals surface area contributed by atoms with E-state index in [-0.39, 0.29) is 25.2 Å². The predicted molar refractivity (Wildman–Crippen MR) is 96.2 cm³/mol. The molecule has 0 radical (unpaired) electrons. The lowest BCUT2D eigenvalue weighted by Crippen LogP contribution is -2.12. The Balaban J connectivity index is 2.60. The monoisotopic (exact) mass is 384 g/mol. The van der Waals surface area contributed by atoms with Crippen LogP contribution in [-0.4, -0.2) is 47.3 Å². The number of hydrogen-bond acceptors (Lipinski definition) is 7. The lowest BCUT2D eigenvalue weighted by molar-refractivity contribution is -0.394. The van der Waals surface area contributed by atoms with E-state index in [4.69, 9.17) is 9.47 Å². The fourth-order valence-corrected chi connectivity index (χ4v) is 2.49. The topological polar surface area (TPSA) is 142 Å². The van der Waals surface area contributed by atoms with E-state index in [1.807, 2.05) is 0 Å². The van der Waals surface area contributed by atoms with Gasteiger partial charge in [0, 0.05) is 24.7 Å². The molecule has 0 unspecified atom stereocenters. The van der Waals surface area contributed by atoms with Crippen molar-refractivity contribution >= 4 is 17.3 Å². The molecule has 0 saturated heterocycles.